The average Bonchev–Trinajstić information content (AvgIpc) is 2.98. The zero-order valence-corrected chi connectivity index (χ0v) is 14.2. The summed E-state index contributed by atoms with van der Waals surface area (Å²) in [5, 5.41) is 2.40. The highest BCUT2D eigenvalue weighted by Gasteiger charge is 2.16. The summed E-state index contributed by atoms with van der Waals surface area (Å²) >= 11 is 0. The quantitative estimate of drug-likeness (QED) is 0.745. The van der Waals surface area contributed by atoms with Crippen LogP contribution in [0.1, 0.15) is 11.5 Å². The number of methoxy groups -OCH3 is 1. The van der Waals surface area contributed by atoms with Crippen molar-refractivity contribution in [3.8, 4) is 17.2 Å². The molecular weight excluding hydrogens is 342 g/mol. The molecule has 0 aliphatic rings. The number of rotatable bonds is 5. The SMILES string of the molecule is COc1cccc(-c2nc(CC(=O)Nc3ccc(F)cc3F)c(C)o2)c1. The summed E-state index contributed by atoms with van der Waals surface area (Å²) < 4.78 is 37.3. The lowest BCUT2D eigenvalue weighted by molar-refractivity contribution is -0.115. The van der Waals surface area contributed by atoms with Gasteiger partial charge in [0.15, 0.2) is 0 Å². The molecule has 0 fully saturated rings. The fraction of sp³-hybridized carbons (Fsp3) is 0.158. The summed E-state index contributed by atoms with van der Waals surface area (Å²) in [6, 6.07) is 10.1. The molecule has 0 bridgehead atoms. The average molecular weight is 358 g/mol. The molecule has 1 heterocycles. The van der Waals surface area contributed by atoms with E-state index < -0.39 is 17.5 Å². The first-order valence-corrected chi connectivity index (χ1v) is 7.82. The maximum atomic E-state index is 13.6. The molecule has 134 valence electrons. The van der Waals surface area contributed by atoms with Crippen molar-refractivity contribution in [3.63, 3.8) is 0 Å². The van der Waals surface area contributed by atoms with Crippen LogP contribution in [0.25, 0.3) is 11.5 Å². The number of aromatic nitrogens is 1. The Morgan fingerprint density at radius 3 is 2.77 bits per heavy atom. The van der Waals surface area contributed by atoms with Crippen LogP contribution in [0.15, 0.2) is 46.9 Å². The van der Waals surface area contributed by atoms with Gasteiger partial charge in [-0.1, -0.05) is 6.07 Å². The van der Waals surface area contributed by atoms with Gasteiger partial charge in [0.2, 0.25) is 11.8 Å². The Labute approximate surface area is 148 Å². The second kappa shape index (κ2) is 7.35. The number of hydrogen-bond acceptors (Lipinski definition) is 4. The monoisotopic (exact) mass is 358 g/mol. The first-order chi connectivity index (χ1) is 12.5. The number of carbonyl (C=O) groups is 1. The van der Waals surface area contributed by atoms with Gasteiger partial charge in [-0.15, -0.1) is 0 Å². The molecule has 3 rings (SSSR count). The topological polar surface area (TPSA) is 64.4 Å². The fourth-order valence-electron chi connectivity index (χ4n) is 2.41. The van der Waals surface area contributed by atoms with Gasteiger partial charge in [0, 0.05) is 11.6 Å². The lowest BCUT2D eigenvalue weighted by Gasteiger charge is -2.05. The van der Waals surface area contributed by atoms with E-state index in [0.717, 1.165) is 6.07 Å². The van der Waals surface area contributed by atoms with Crippen LogP contribution in [0.5, 0.6) is 5.75 Å². The van der Waals surface area contributed by atoms with E-state index in [0.29, 0.717) is 34.7 Å². The van der Waals surface area contributed by atoms with Crippen molar-refractivity contribution in [1.82, 2.24) is 4.98 Å². The van der Waals surface area contributed by atoms with E-state index in [2.05, 4.69) is 10.3 Å². The van der Waals surface area contributed by atoms with Crippen LogP contribution < -0.4 is 10.1 Å². The third-order valence-corrected chi connectivity index (χ3v) is 3.74. The van der Waals surface area contributed by atoms with E-state index in [4.69, 9.17) is 9.15 Å². The van der Waals surface area contributed by atoms with Crippen LogP contribution in [0.2, 0.25) is 0 Å². The smallest absolute Gasteiger partial charge is 0.230 e. The van der Waals surface area contributed by atoms with Crippen molar-refractivity contribution in [1.29, 1.82) is 0 Å². The normalized spacial score (nSPS) is 10.6. The Bertz CT molecular complexity index is 954. The number of benzene rings is 2. The van der Waals surface area contributed by atoms with Crippen molar-refractivity contribution in [2.45, 2.75) is 13.3 Å². The second-order valence-corrected chi connectivity index (χ2v) is 5.60. The van der Waals surface area contributed by atoms with Gasteiger partial charge in [0.05, 0.1) is 24.9 Å². The number of amides is 1. The molecule has 0 aliphatic carbocycles. The van der Waals surface area contributed by atoms with Crippen LogP contribution in [0, 0.1) is 18.6 Å². The molecular formula is C19H16F2N2O3. The molecule has 1 N–H and O–H groups in total. The second-order valence-electron chi connectivity index (χ2n) is 5.60. The maximum absolute atomic E-state index is 13.6. The minimum absolute atomic E-state index is 0.0921. The van der Waals surface area contributed by atoms with Gasteiger partial charge in [-0.3, -0.25) is 4.79 Å². The third-order valence-electron chi connectivity index (χ3n) is 3.74. The molecule has 0 saturated carbocycles. The first kappa shape index (κ1) is 17.6. The van der Waals surface area contributed by atoms with Gasteiger partial charge >= 0.3 is 0 Å². The molecule has 0 aliphatic heterocycles. The number of ether oxygens (including phenoxy) is 1. The predicted molar refractivity (Wildman–Crippen MR) is 91.9 cm³/mol. The van der Waals surface area contributed by atoms with Gasteiger partial charge in [0.1, 0.15) is 23.1 Å². The van der Waals surface area contributed by atoms with Crippen molar-refractivity contribution in [2.24, 2.45) is 0 Å². The largest absolute Gasteiger partial charge is 0.497 e. The van der Waals surface area contributed by atoms with E-state index in [9.17, 15) is 13.6 Å². The minimum Gasteiger partial charge on any atom is -0.497 e. The third kappa shape index (κ3) is 3.88. The Balaban J connectivity index is 1.75. The molecule has 7 heteroatoms. The molecule has 3 aromatic rings. The number of halogens is 2. The summed E-state index contributed by atoms with van der Waals surface area (Å²) in [6.07, 6.45) is -0.101. The van der Waals surface area contributed by atoms with Gasteiger partial charge in [-0.25, -0.2) is 13.8 Å². The standard InChI is InChI=1S/C19H16F2N2O3/c1-11-17(10-18(24)22-16-7-6-13(20)9-15(16)21)23-19(26-11)12-4-3-5-14(8-12)25-2/h3-9H,10H2,1-2H3,(H,22,24). The summed E-state index contributed by atoms with van der Waals surface area (Å²) in [5.74, 6) is -0.536. The van der Waals surface area contributed by atoms with E-state index in [-0.39, 0.29) is 12.1 Å². The van der Waals surface area contributed by atoms with Gasteiger partial charge in [-0.05, 0) is 37.3 Å². The molecule has 0 unspecified atom stereocenters. The first-order valence-electron chi connectivity index (χ1n) is 7.82. The van der Waals surface area contributed by atoms with Crippen LogP contribution in [0.4, 0.5) is 14.5 Å². The number of nitrogens with zero attached hydrogens (tertiary/aromatic N) is 1. The molecule has 0 atom stereocenters. The molecule has 0 saturated heterocycles. The van der Waals surface area contributed by atoms with Crippen molar-refractivity contribution in [3.05, 3.63) is 65.6 Å². The van der Waals surface area contributed by atoms with Gasteiger partial charge < -0.3 is 14.5 Å². The van der Waals surface area contributed by atoms with Crippen LogP contribution in [-0.2, 0) is 11.2 Å². The number of anilines is 1. The van der Waals surface area contributed by atoms with Crippen molar-refractivity contribution in [2.75, 3.05) is 12.4 Å². The Morgan fingerprint density at radius 1 is 1.23 bits per heavy atom. The highest BCUT2D eigenvalue weighted by molar-refractivity contribution is 5.92. The van der Waals surface area contributed by atoms with Crippen molar-refractivity contribution >= 4 is 11.6 Å². The minimum atomic E-state index is -0.840. The molecule has 0 spiro atoms. The highest BCUT2D eigenvalue weighted by atomic mass is 19.1. The van der Waals surface area contributed by atoms with Crippen LogP contribution in [-0.4, -0.2) is 18.0 Å². The van der Waals surface area contributed by atoms with E-state index >= 15 is 0 Å². The van der Waals surface area contributed by atoms with E-state index in [1.54, 1.807) is 32.2 Å². The lowest BCUT2D eigenvalue weighted by Crippen LogP contribution is -2.16. The number of oxazole rings is 1. The molecule has 1 aromatic heterocycles. The number of hydrogen-bond donors (Lipinski definition) is 1. The summed E-state index contributed by atoms with van der Waals surface area (Å²) in [7, 11) is 1.56. The summed E-state index contributed by atoms with van der Waals surface area (Å²) in [6.45, 7) is 1.69. The molecule has 0 radical (unpaired) electrons. The summed E-state index contributed by atoms with van der Waals surface area (Å²) in [5.41, 5.74) is 1.05. The zero-order valence-electron chi connectivity index (χ0n) is 14.2. The van der Waals surface area contributed by atoms with Gasteiger partial charge in [-0.2, -0.15) is 0 Å². The van der Waals surface area contributed by atoms with Crippen molar-refractivity contribution < 1.29 is 22.7 Å². The zero-order chi connectivity index (χ0) is 18.7. The molecule has 2 aromatic carbocycles. The Morgan fingerprint density at radius 2 is 2.04 bits per heavy atom. The molecule has 1 amide bonds. The number of nitrogens with one attached hydrogen (secondary N) is 1. The van der Waals surface area contributed by atoms with E-state index in [1.165, 1.54) is 6.07 Å². The van der Waals surface area contributed by atoms with E-state index in [1.807, 2.05) is 6.07 Å². The fourth-order valence-corrected chi connectivity index (χ4v) is 2.41. The Kier molecular flexibility index (Phi) is 4.97. The predicted octanol–water partition coefficient (Wildman–Crippen LogP) is 4.12. The van der Waals surface area contributed by atoms with Crippen LogP contribution >= 0.6 is 0 Å². The molecule has 26 heavy (non-hydrogen) atoms. The number of aryl methyl sites for hydroxylation is 1. The molecule has 5 nitrogen and oxygen atoms in total. The summed E-state index contributed by atoms with van der Waals surface area (Å²) in [4.78, 5) is 16.5. The lowest BCUT2D eigenvalue weighted by atomic mass is 10.2. The Hall–Kier alpha value is -3.22. The highest BCUT2D eigenvalue weighted by Crippen LogP contribution is 2.25. The van der Waals surface area contributed by atoms with Gasteiger partial charge in [0.25, 0.3) is 0 Å². The maximum Gasteiger partial charge on any atom is 0.230 e. The van der Waals surface area contributed by atoms with Crippen LogP contribution in [0.3, 0.4) is 0 Å². The number of carbonyl (C=O) groups excluding carboxylic acids is 1.